The number of hydrogen-bond donors (Lipinski definition) is 0. The quantitative estimate of drug-likeness (QED) is 0.441. The van der Waals surface area contributed by atoms with Gasteiger partial charge in [0.25, 0.3) is 0 Å². The first kappa shape index (κ1) is 21.9. The van der Waals surface area contributed by atoms with Crippen LogP contribution in [-0.2, 0) is 10.0 Å². The van der Waals surface area contributed by atoms with Gasteiger partial charge in [0.2, 0.25) is 10.0 Å². The molecule has 0 radical (unpaired) electrons. The SMILES string of the molecule is CCOc1ccc(OCCSc2ccc(S(=O)(=O)N3CCN(C)CC3)cn2)cc1. The van der Waals surface area contributed by atoms with E-state index >= 15 is 0 Å². The van der Waals surface area contributed by atoms with Crippen molar-refractivity contribution in [2.75, 3.05) is 52.2 Å². The molecule has 1 fully saturated rings. The first-order chi connectivity index (χ1) is 14.0. The van der Waals surface area contributed by atoms with Crippen molar-refractivity contribution in [3.63, 3.8) is 0 Å². The molecule has 7 nitrogen and oxygen atoms in total. The van der Waals surface area contributed by atoms with Gasteiger partial charge in [-0.3, -0.25) is 0 Å². The molecule has 9 heteroatoms. The number of benzene rings is 1. The highest BCUT2D eigenvalue weighted by atomic mass is 32.2. The smallest absolute Gasteiger partial charge is 0.244 e. The highest BCUT2D eigenvalue weighted by Gasteiger charge is 2.27. The number of nitrogens with zero attached hydrogens (tertiary/aromatic N) is 3. The number of ether oxygens (including phenoxy) is 2. The lowest BCUT2D eigenvalue weighted by atomic mass is 10.3. The lowest BCUT2D eigenvalue weighted by molar-refractivity contribution is 0.222. The third-order valence-corrected chi connectivity index (χ3v) is 7.34. The molecule has 0 N–H and O–H groups in total. The predicted octanol–water partition coefficient (Wildman–Crippen LogP) is 2.59. The summed E-state index contributed by atoms with van der Waals surface area (Å²) in [5.41, 5.74) is 0. The number of pyridine rings is 1. The van der Waals surface area contributed by atoms with Crippen LogP contribution in [0.25, 0.3) is 0 Å². The first-order valence-electron chi connectivity index (χ1n) is 9.62. The molecule has 29 heavy (non-hydrogen) atoms. The molecule has 1 aliphatic heterocycles. The maximum atomic E-state index is 12.7. The Kier molecular flexibility index (Phi) is 7.77. The zero-order valence-electron chi connectivity index (χ0n) is 16.8. The minimum atomic E-state index is -3.47. The fourth-order valence-electron chi connectivity index (χ4n) is 2.89. The third-order valence-electron chi connectivity index (χ3n) is 4.55. The molecular weight excluding hydrogens is 410 g/mol. The predicted molar refractivity (Wildman–Crippen MR) is 114 cm³/mol. The standard InChI is InChI=1S/C20H27N3O4S2/c1-3-26-17-4-6-18(7-5-17)27-14-15-28-20-9-8-19(16-21-20)29(24,25)23-12-10-22(2)11-13-23/h4-9,16H,3,10-15H2,1-2H3. The lowest BCUT2D eigenvalue weighted by Gasteiger charge is -2.31. The summed E-state index contributed by atoms with van der Waals surface area (Å²) in [7, 11) is -1.47. The molecule has 0 atom stereocenters. The number of likely N-dealkylation sites (N-methyl/N-ethyl adjacent to an activating group) is 1. The highest BCUT2D eigenvalue weighted by molar-refractivity contribution is 7.99. The van der Waals surface area contributed by atoms with Crippen LogP contribution < -0.4 is 9.47 Å². The van der Waals surface area contributed by atoms with Crippen LogP contribution in [0.4, 0.5) is 0 Å². The third kappa shape index (κ3) is 6.08. The van der Waals surface area contributed by atoms with Crippen LogP contribution >= 0.6 is 11.8 Å². The van der Waals surface area contributed by atoms with E-state index in [1.807, 2.05) is 38.2 Å². The highest BCUT2D eigenvalue weighted by Crippen LogP contribution is 2.21. The van der Waals surface area contributed by atoms with Crippen molar-refractivity contribution < 1.29 is 17.9 Å². The summed E-state index contributed by atoms with van der Waals surface area (Å²) in [6.07, 6.45) is 1.45. The molecule has 3 rings (SSSR count). The van der Waals surface area contributed by atoms with Crippen molar-refractivity contribution in [2.45, 2.75) is 16.8 Å². The van der Waals surface area contributed by atoms with Crippen LogP contribution in [0.15, 0.2) is 52.5 Å². The summed E-state index contributed by atoms with van der Waals surface area (Å²) < 4.78 is 38.1. The van der Waals surface area contributed by atoms with Crippen LogP contribution in [0.2, 0.25) is 0 Å². The lowest BCUT2D eigenvalue weighted by Crippen LogP contribution is -2.47. The second kappa shape index (κ2) is 10.3. The minimum absolute atomic E-state index is 0.247. The largest absolute Gasteiger partial charge is 0.494 e. The number of sulfonamides is 1. The summed E-state index contributed by atoms with van der Waals surface area (Å²) in [5.74, 6) is 2.32. The van der Waals surface area contributed by atoms with Gasteiger partial charge in [-0.05, 0) is 50.4 Å². The molecule has 0 unspecified atom stereocenters. The van der Waals surface area contributed by atoms with Crippen LogP contribution in [0, 0.1) is 0 Å². The molecule has 0 saturated carbocycles. The van der Waals surface area contributed by atoms with Crippen molar-refractivity contribution in [2.24, 2.45) is 0 Å². The van der Waals surface area contributed by atoms with Gasteiger partial charge in [0.15, 0.2) is 0 Å². The molecular formula is C20H27N3O4S2. The minimum Gasteiger partial charge on any atom is -0.494 e. The Balaban J connectivity index is 1.46. The van der Waals surface area contributed by atoms with Crippen LogP contribution in [0.1, 0.15) is 6.92 Å². The normalized spacial score (nSPS) is 15.9. The fraction of sp³-hybridized carbons (Fsp3) is 0.450. The van der Waals surface area contributed by atoms with E-state index in [4.69, 9.17) is 9.47 Å². The van der Waals surface area contributed by atoms with E-state index in [-0.39, 0.29) is 4.90 Å². The molecule has 0 amide bonds. The topological polar surface area (TPSA) is 72.0 Å². The monoisotopic (exact) mass is 437 g/mol. The maximum Gasteiger partial charge on any atom is 0.244 e. The summed E-state index contributed by atoms with van der Waals surface area (Å²) in [6, 6.07) is 10.9. The first-order valence-corrected chi connectivity index (χ1v) is 12.0. The molecule has 0 aliphatic carbocycles. The molecule has 0 bridgehead atoms. The Hall–Kier alpha value is -1.81. The zero-order chi connectivity index (χ0) is 20.7. The van der Waals surface area contributed by atoms with Gasteiger partial charge in [0.05, 0.1) is 18.2 Å². The van der Waals surface area contributed by atoms with Crippen molar-refractivity contribution in [1.82, 2.24) is 14.2 Å². The van der Waals surface area contributed by atoms with E-state index in [2.05, 4.69) is 9.88 Å². The van der Waals surface area contributed by atoms with Crippen molar-refractivity contribution >= 4 is 21.8 Å². The van der Waals surface area contributed by atoms with E-state index in [0.717, 1.165) is 29.6 Å². The van der Waals surface area contributed by atoms with Gasteiger partial charge >= 0.3 is 0 Å². The fourth-order valence-corrected chi connectivity index (χ4v) is 4.92. The molecule has 2 heterocycles. The van der Waals surface area contributed by atoms with Gasteiger partial charge in [-0.2, -0.15) is 4.31 Å². The molecule has 1 aromatic carbocycles. The second-order valence-corrected chi connectivity index (χ2v) is 9.69. The molecule has 0 spiro atoms. The van der Waals surface area contributed by atoms with E-state index in [0.29, 0.717) is 32.1 Å². The number of piperazine rings is 1. The number of hydrogen-bond acceptors (Lipinski definition) is 7. The average molecular weight is 438 g/mol. The van der Waals surface area contributed by atoms with Crippen LogP contribution in [-0.4, -0.2) is 74.8 Å². The van der Waals surface area contributed by atoms with Crippen molar-refractivity contribution in [3.8, 4) is 11.5 Å². The molecule has 1 aliphatic rings. The summed E-state index contributed by atoms with van der Waals surface area (Å²) >= 11 is 1.53. The van der Waals surface area contributed by atoms with Crippen LogP contribution in [0.3, 0.4) is 0 Å². The van der Waals surface area contributed by atoms with Gasteiger partial charge < -0.3 is 14.4 Å². The van der Waals surface area contributed by atoms with Gasteiger partial charge in [-0.25, -0.2) is 13.4 Å². The Labute approximate surface area is 177 Å². The van der Waals surface area contributed by atoms with E-state index < -0.39 is 10.0 Å². The molecule has 158 valence electrons. The van der Waals surface area contributed by atoms with Crippen molar-refractivity contribution in [1.29, 1.82) is 0 Å². The Morgan fingerprint density at radius 2 is 1.66 bits per heavy atom. The Morgan fingerprint density at radius 1 is 1.00 bits per heavy atom. The van der Waals surface area contributed by atoms with Crippen molar-refractivity contribution in [3.05, 3.63) is 42.6 Å². The van der Waals surface area contributed by atoms with Gasteiger partial charge in [-0.1, -0.05) is 0 Å². The molecule has 1 saturated heterocycles. The Morgan fingerprint density at radius 3 is 2.24 bits per heavy atom. The number of aromatic nitrogens is 1. The summed E-state index contributed by atoms with van der Waals surface area (Å²) in [6.45, 7) is 5.63. The molecule has 1 aromatic heterocycles. The Bertz CT molecular complexity index is 866. The average Bonchev–Trinajstić information content (AvgIpc) is 2.73. The van der Waals surface area contributed by atoms with Gasteiger partial charge in [0, 0.05) is 38.1 Å². The van der Waals surface area contributed by atoms with E-state index in [1.165, 1.54) is 22.3 Å². The number of thioether (sulfide) groups is 1. The van der Waals surface area contributed by atoms with E-state index in [9.17, 15) is 8.42 Å². The summed E-state index contributed by atoms with van der Waals surface area (Å²) in [5, 5.41) is 0.776. The van der Waals surface area contributed by atoms with Crippen LogP contribution in [0.5, 0.6) is 11.5 Å². The zero-order valence-corrected chi connectivity index (χ0v) is 18.4. The summed E-state index contributed by atoms with van der Waals surface area (Å²) in [4.78, 5) is 6.68. The molecule has 2 aromatic rings. The number of rotatable bonds is 9. The van der Waals surface area contributed by atoms with Gasteiger partial charge in [0.1, 0.15) is 16.4 Å². The maximum absolute atomic E-state index is 12.7. The van der Waals surface area contributed by atoms with E-state index in [1.54, 1.807) is 12.1 Å². The van der Waals surface area contributed by atoms with Gasteiger partial charge in [-0.15, -0.1) is 11.8 Å². The second-order valence-electron chi connectivity index (χ2n) is 6.64.